The van der Waals surface area contributed by atoms with Crippen molar-refractivity contribution in [2.45, 2.75) is 194 Å². The highest BCUT2D eigenvalue weighted by molar-refractivity contribution is 5.73. The van der Waals surface area contributed by atoms with E-state index in [4.69, 9.17) is 23.7 Å². The first-order valence-electron chi connectivity index (χ1n) is 18.5. The molecule has 1 N–H and O–H groups in total. The molecule has 1 fully saturated rings. The minimum Gasteiger partial charge on any atom is -0.444 e. The van der Waals surface area contributed by atoms with E-state index < -0.39 is 30.6 Å². The maximum Gasteiger partial charge on any atom is 0.235 e. The van der Waals surface area contributed by atoms with Crippen molar-refractivity contribution < 1.29 is 28.5 Å². The summed E-state index contributed by atoms with van der Waals surface area (Å²) in [5, 5.41) is 2.95. The number of hydrogen-bond donors (Lipinski definition) is 1. The quantitative estimate of drug-likeness (QED) is 0.0931. The fraction of sp³-hybridized carbons (Fsp3) is 0.775. The lowest BCUT2D eigenvalue weighted by Crippen LogP contribution is -2.65. The van der Waals surface area contributed by atoms with Gasteiger partial charge in [-0.25, -0.2) is 0 Å². The Morgan fingerprint density at radius 2 is 1.00 bits per heavy atom. The zero-order valence-corrected chi connectivity index (χ0v) is 30.2. The second-order valence-corrected chi connectivity index (χ2v) is 12.2. The molecule has 0 saturated carbocycles. The van der Waals surface area contributed by atoms with Gasteiger partial charge in [0.25, 0.3) is 0 Å². The Morgan fingerprint density at radius 3 is 1.45 bits per heavy atom. The van der Waals surface area contributed by atoms with Crippen LogP contribution >= 0.6 is 0 Å². The molecule has 0 radical (unpaired) electrons. The van der Waals surface area contributed by atoms with Crippen LogP contribution in [0.15, 0.2) is 0 Å². The molecule has 47 heavy (non-hydrogen) atoms. The predicted molar refractivity (Wildman–Crippen MR) is 189 cm³/mol. The van der Waals surface area contributed by atoms with Crippen LogP contribution in [-0.2, 0) is 28.5 Å². The summed E-state index contributed by atoms with van der Waals surface area (Å²) in [6.07, 6.45) is 29.3. The van der Waals surface area contributed by atoms with Crippen molar-refractivity contribution in [3.05, 3.63) is 0 Å². The first kappa shape index (κ1) is 41.9. The number of rotatable bonds is 22. The van der Waals surface area contributed by atoms with Gasteiger partial charge < -0.3 is 29.0 Å². The monoisotopic (exact) mass is 653 g/mol. The van der Waals surface area contributed by atoms with Gasteiger partial charge in [0.2, 0.25) is 12.2 Å². The minimum atomic E-state index is -0.934. The SMILES string of the molecule is CCCCCCC#COC[C@H]1OC(OC#CCCCCCC)[C@H](NC(C)=O)[C@@H](OC#CCCCCCC)[C@H]1OC#CCCCCCC. The Bertz CT molecular complexity index is 1050. The van der Waals surface area contributed by atoms with Crippen LogP contribution in [0.4, 0.5) is 0 Å². The smallest absolute Gasteiger partial charge is 0.235 e. The van der Waals surface area contributed by atoms with Crippen LogP contribution in [0.1, 0.15) is 163 Å². The number of carbonyl (C=O) groups excluding carboxylic acids is 1. The number of hydrogen-bond acceptors (Lipinski definition) is 6. The Hall–Kier alpha value is -3.13. The van der Waals surface area contributed by atoms with E-state index in [1.165, 1.54) is 58.3 Å². The largest absolute Gasteiger partial charge is 0.444 e. The molecule has 7 heteroatoms. The van der Waals surface area contributed by atoms with Crippen molar-refractivity contribution in [3.8, 4) is 48.1 Å². The van der Waals surface area contributed by atoms with Crippen molar-refractivity contribution in [3.63, 3.8) is 0 Å². The highest BCUT2D eigenvalue weighted by atomic mass is 16.7. The van der Waals surface area contributed by atoms with E-state index in [2.05, 4.69) is 81.1 Å². The Labute approximate surface area is 287 Å². The second kappa shape index (κ2) is 30.2. The van der Waals surface area contributed by atoms with Crippen LogP contribution in [0.3, 0.4) is 0 Å². The van der Waals surface area contributed by atoms with E-state index in [0.717, 1.165) is 77.0 Å². The molecule has 0 aliphatic carbocycles. The molecule has 1 aliphatic heterocycles. The molecule has 1 amide bonds. The average Bonchev–Trinajstić information content (AvgIpc) is 3.06. The molecule has 7 nitrogen and oxygen atoms in total. The third-order valence-corrected chi connectivity index (χ3v) is 7.81. The lowest BCUT2D eigenvalue weighted by molar-refractivity contribution is -0.250. The molecule has 0 bridgehead atoms. The molecule has 0 aromatic heterocycles. The van der Waals surface area contributed by atoms with Gasteiger partial charge in [-0.05, 0) is 25.7 Å². The first-order chi connectivity index (χ1) is 23.1. The summed E-state index contributed by atoms with van der Waals surface area (Å²) in [4.78, 5) is 12.4. The lowest BCUT2D eigenvalue weighted by Gasteiger charge is -2.42. The van der Waals surface area contributed by atoms with Crippen molar-refractivity contribution in [2.75, 3.05) is 6.61 Å². The topological polar surface area (TPSA) is 75.2 Å². The molecule has 264 valence electrons. The second-order valence-electron chi connectivity index (χ2n) is 12.2. The van der Waals surface area contributed by atoms with E-state index in [1.807, 2.05) is 0 Å². The summed E-state index contributed by atoms with van der Waals surface area (Å²) < 4.78 is 30.4. The minimum absolute atomic E-state index is 0.103. The van der Waals surface area contributed by atoms with Crippen molar-refractivity contribution in [2.24, 2.45) is 0 Å². The summed E-state index contributed by atoms with van der Waals surface area (Å²) in [6, 6.07) is -0.742. The zero-order chi connectivity index (χ0) is 34.2. The normalized spacial score (nSPS) is 19.6. The van der Waals surface area contributed by atoms with Gasteiger partial charge in [0.05, 0.1) is 0 Å². The number of carbonyl (C=O) groups is 1. The van der Waals surface area contributed by atoms with Gasteiger partial charge in [-0.15, -0.1) is 0 Å². The molecule has 1 saturated heterocycles. The van der Waals surface area contributed by atoms with Crippen LogP contribution in [0.5, 0.6) is 0 Å². The van der Waals surface area contributed by atoms with Crippen molar-refractivity contribution in [1.82, 2.24) is 5.32 Å². The fourth-order valence-corrected chi connectivity index (χ4v) is 5.07. The highest BCUT2D eigenvalue weighted by Crippen LogP contribution is 2.27. The van der Waals surface area contributed by atoms with Crippen LogP contribution in [0.25, 0.3) is 0 Å². The summed E-state index contributed by atoms with van der Waals surface area (Å²) >= 11 is 0. The van der Waals surface area contributed by atoms with Gasteiger partial charge in [0, 0.05) is 32.6 Å². The van der Waals surface area contributed by atoms with Crippen LogP contribution in [0.2, 0.25) is 0 Å². The van der Waals surface area contributed by atoms with Crippen LogP contribution in [0, 0.1) is 48.1 Å². The number of ether oxygens (including phenoxy) is 5. The molecule has 1 unspecified atom stereocenters. The van der Waals surface area contributed by atoms with Crippen LogP contribution in [-0.4, -0.2) is 43.2 Å². The highest BCUT2D eigenvalue weighted by Gasteiger charge is 2.51. The zero-order valence-electron chi connectivity index (χ0n) is 30.2. The molecule has 1 heterocycles. The van der Waals surface area contributed by atoms with E-state index in [1.54, 1.807) is 0 Å². The van der Waals surface area contributed by atoms with Gasteiger partial charge in [-0.3, -0.25) is 4.79 Å². The molecule has 0 spiro atoms. The van der Waals surface area contributed by atoms with Gasteiger partial charge in [-0.2, -0.15) is 0 Å². The molecule has 0 aromatic rings. The molecule has 1 rings (SSSR count). The summed E-state index contributed by atoms with van der Waals surface area (Å²) in [6.45, 7) is 10.3. The van der Waals surface area contributed by atoms with Gasteiger partial charge >= 0.3 is 0 Å². The predicted octanol–water partition coefficient (Wildman–Crippen LogP) is 8.74. The summed E-state index contributed by atoms with van der Waals surface area (Å²) in [5.41, 5.74) is 0. The molecule has 5 atom stereocenters. The third-order valence-electron chi connectivity index (χ3n) is 7.81. The standard InChI is InChI=1S/C40H63NO6/c1-6-10-14-18-22-26-30-43-34-36-38(44-31-27-23-19-15-11-7-2)39(45-32-28-24-20-16-12-8-3)37(41-35(5)42)40(47-36)46-33-29-25-21-17-13-9-4/h36-40H,6-25,34H2,1-5H3,(H,41,42)/t36-,37-,38+,39-,40?/m1/s1. The molecule has 0 aromatic carbocycles. The van der Waals surface area contributed by atoms with E-state index in [9.17, 15) is 4.79 Å². The fourth-order valence-electron chi connectivity index (χ4n) is 5.07. The van der Waals surface area contributed by atoms with E-state index >= 15 is 0 Å². The Balaban J connectivity index is 3.23. The number of amides is 1. The first-order valence-corrected chi connectivity index (χ1v) is 18.5. The van der Waals surface area contributed by atoms with E-state index in [-0.39, 0.29) is 12.5 Å². The maximum absolute atomic E-state index is 12.4. The summed E-state index contributed by atoms with van der Waals surface area (Å²) in [5.74, 6) is 12.2. The Kier molecular flexibility index (Phi) is 26.9. The number of nitrogens with one attached hydrogen (secondary N) is 1. The summed E-state index contributed by atoms with van der Waals surface area (Å²) in [7, 11) is 0. The van der Waals surface area contributed by atoms with Crippen molar-refractivity contribution in [1.29, 1.82) is 0 Å². The van der Waals surface area contributed by atoms with Crippen molar-refractivity contribution >= 4 is 5.91 Å². The number of unbranched alkanes of at least 4 members (excludes halogenated alkanes) is 16. The van der Waals surface area contributed by atoms with Gasteiger partial charge in [0.15, 0.2) is 12.2 Å². The van der Waals surface area contributed by atoms with Gasteiger partial charge in [0.1, 0.15) is 43.2 Å². The van der Waals surface area contributed by atoms with E-state index in [0.29, 0.717) is 0 Å². The maximum atomic E-state index is 12.4. The van der Waals surface area contributed by atoms with Gasteiger partial charge in [-0.1, -0.05) is 128 Å². The molecular weight excluding hydrogens is 590 g/mol. The third kappa shape index (κ3) is 21.4. The molecular formula is C40H63NO6. The van der Waals surface area contributed by atoms with Crippen LogP contribution < -0.4 is 5.32 Å². The molecule has 1 aliphatic rings. The lowest BCUT2D eigenvalue weighted by atomic mass is 9.96. The Morgan fingerprint density at radius 1 is 0.574 bits per heavy atom. The average molecular weight is 654 g/mol.